The van der Waals surface area contributed by atoms with E-state index in [2.05, 4.69) is 4.72 Å². The Balaban J connectivity index is 2.86. The van der Waals surface area contributed by atoms with Crippen LogP contribution in [0.25, 0.3) is 0 Å². The maximum atomic E-state index is 11.8. The molecule has 1 aromatic rings. The summed E-state index contributed by atoms with van der Waals surface area (Å²) >= 11 is 0. The summed E-state index contributed by atoms with van der Waals surface area (Å²) in [5, 5.41) is 8.05. The first-order valence-corrected chi connectivity index (χ1v) is 7.01. The Morgan fingerprint density at radius 3 is 2.41 bits per heavy atom. The van der Waals surface area contributed by atoms with Crippen LogP contribution < -0.4 is 4.72 Å². The molecule has 17 heavy (non-hydrogen) atoms. The summed E-state index contributed by atoms with van der Waals surface area (Å²) in [7, 11) is -3.51. The lowest BCUT2D eigenvalue weighted by Crippen LogP contribution is -2.36. The van der Waals surface area contributed by atoms with Crippen LogP contribution in [0.3, 0.4) is 0 Å². The second kappa shape index (κ2) is 5.20. The first-order valence-electron chi connectivity index (χ1n) is 5.47. The van der Waals surface area contributed by atoms with Gasteiger partial charge in [-0.1, -0.05) is 0 Å². The topological polar surface area (TPSA) is 79.5 Å². The minimum atomic E-state index is -3.51. The number of aliphatic hydroxyl groups excluding tert-OH is 1. The highest BCUT2D eigenvalue weighted by Gasteiger charge is 2.24. The molecule has 0 saturated heterocycles. The maximum absolute atomic E-state index is 11.8. The molecule has 0 aliphatic heterocycles. The van der Waals surface area contributed by atoms with Crippen molar-refractivity contribution >= 4 is 10.0 Å². The fourth-order valence-electron chi connectivity index (χ4n) is 1.60. The first-order chi connectivity index (χ1) is 7.77. The average molecular weight is 261 g/mol. The van der Waals surface area contributed by atoms with Gasteiger partial charge in [-0.25, -0.2) is 13.1 Å². The number of aryl methyl sites for hydroxylation is 2. The Morgan fingerprint density at radius 1 is 1.41 bits per heavy atom. The molecule has 2 N–H and O–H groups in total. The average Bonchev–Trinajstić information content (AvgIpc) is 2.56. The molecule has 0 fully saturated rings. The summed E-state index contributed by atoms with van der Waals surface area (Å²) in [6.45, 7) is 6.42. The van der Waals surface area contributed by atoms with E-state index in [-0.39, 0.29) is 6.04 Å². The standard InChI is InChI=1S/C11H19NO4S/c1-7-5-11(10(4)16-7)9(3)12-17(14,15)8(2)6-13/h5,8-9,12-13H,6H2,1-4H3. The molecule has 1 rings (SSSR count). The quantitative estimate of drug-likeness (QED) is 0.836. The van der Waals surface area contributed by atoms with Crippen molar-refractivity contribution in [2.75, 3.05) is 6.61 Å². The SMILES string of the molecule is Cc1cc(C(C)NS(=O)(=O)C(C)CO)c(C)o1. The van der Waals surface area contributed by atoms with Gasteiger partial charge in [-0.05, 0) is 33.8 Å². The molecule has 98 valence electrons. The minimum Gasteiger partial charge on any atom is -0.466 e. The lowest BCUT2D eigenvalue weighted by Gasteiger charge is -2.16. The summed E-state index contributed by atoms with van der Waals surface area (Å²) < 4.78 is 31.4. The third kappa shape index (κ3) is 3.31. The lowest BCUT2D eigenvalue weighted by atomic mass is 10.1. The van der Waals surface area contributed by atoms with Crippen LogP contribution in [0.15, 0.2) is 10.5 Å². The van der Waals surface area contributed by atoms with Crippen molar-refractivity contribution < 1.29 is 17.9 Å². The van der Waals surface area contributed by atoms with Gasteiger partial charge in [-0.3, -0.25) is 0 Å². The second-order valence-corrected chi connectivity index (χ2v) is 6.38. The predicted molar refractivity (Wildman–Crippen MR) is 65.2 cm³/mol. The number of nitrogens with one attached hydrogen (secondary N) is 1. The van der Waals surface area contributed by atoms with Crippen molar-refractivity contribution in [3.05, 3.63) is 23.2 Å². The van der Waals surface area contributed by atoms with Gasteiger partial charge in [0.25, 0.3) is 0 Å². The van der Waals surface area contributed by atoms with Gasteiger partial charge in [0.15, 0.2) is 0 Å². The molecule has 0 aliphatic rings. The predicted octanol–water partition coefficient (Wildman–Crippen LogP) is 1.26. The molecular formula is C11H19NO4S. The van der Waals surface area contributed by atoms with Gasteiger partial charge >= 0.3 is 0 Å². The molecule has 6 heteroatoms. The van der Waals surface area contributed by atoms with E-state index >= 15 is 0 Å². The molecule has 0 saturated carbocycles. The van der Waals surface area contributed by atoms with Crippen molar-refractivity contribution in [3.63, 3.8) is 0 Å². The van der Waals surface area contributed by atoms with Crippen molar-refractivity contribution in [3.8, 4) is 0 Å². The van der Waals surface area contributed by atoms with Gasteiger partial charge in [0.05, 0.1) is 11.9 Å². The minimum absolute atomic E-state index is 0.369. The number of hydrogen-bond acceptors (Lipinski definition) is 4. The molecule has 0 amide bonds. The molecule has 0 radical (unpaired) electrons. The Labute approximate surface area is 102 Å². The molecule has 0 spiro atoms. The van der Waals surface area contributed by atoms with Crippen LogP contribution in [0.1, 0.15) is 37.0 Å². The Morgan fingerprint density at radius 2 is 2.00 bits per heavy atom. The zero-order chi connectivity index (χ0) is 13.2. The fraction of sp³-hybridized carbons (Fsp3) is 0.636. The van der Waals surface area contributed by atoms with Crippen LogP contribution in [0.5, 0.6) is 0 Å². The summed E-state index contributed by atoms with van der Waals surface area (Å²) in [4.78, 5) is 0. The highest BCUT2D eigenvalue weighted by Crippen LogP contribution is 2.22. The highest BCUT2D eigenvalue weighted by atomic mass is 32.2. The van der Waals surface area contributed by atoms with E-state index < -0.39 is 21.9 Å². The largest absolute Gasteiger partial charge is 0.466 e. The van der Waals surface area contributed by atoms with Crippen LogP contribution in [-0.2, 0) is 10.0 Å². The number of furan rings is 1. The molecule has 5 nitrogen and oxygen atoms in total. The fourth-order valence-corrected chi connectivity index (χ4v) is 2.65. The zero-order valence-electron chi connectivity index (χ0n) is 10.5. The normalized spacial score (nSPS) is 15.8. The number of aliphatic hydroxyl groups is 1. The van der Waals surface area contributed by atoms with E-state index in [1.165, 1.54) is 6.92 Å². The Hall–Kier alpha value is -0.850. The van der Waals surface area contributed by atoms with Gasteiger partial charge < -0.3 is 9.52 Å². The lowest BCUT2D eigenvalue weighted by molar-refractivity contribution is 0.294. The molecule has 1 aromatic heterocycles. The molecule has 2 atom stereocenters. The molecule has 0 aliphatic carbocycles. The summed E-state index contributed by atoms with van der Waals surface area (Å²) in [6, 6.07) is 1.44. The van der Waals surface area contributed by atoms with Gasteiger partial charge in [-0.2, -0.15) is 0 Å². The Bertz CT molecular complexity index is 478. The molecular weight excluding hydrogens is 242 g/mol. The van der Waals surface area contributed by atoms with Crippen LogP contribution in [0, 0.1) is 13.8 Å². The molecule has 0 bridgehead atoms. The van der Waals surface area contributed by atoms with Crippen molar-refractivity contribution in [2.45, 2.75) is 39.0 Å². The van der Waals surface area contributed by atoms with Gasteiger partial charge in [-0.15, -0.1) is 0 Å². The zero-order valence-corrected chi connectivity index (χ0v) is 11.3. The van der Waals surface area contributed by atoms with Crippen LogP contribution in [-0.4, -0.2) is 25.4 Å². The van der Waals surface area contributed by atoms with Crippen molar-refractivity contribution in [1.82, 2.24) is 4.72 Å². The van der Waals surface area contributed by atoms with Crippen molar-refractivity contribution in [2.24, 2.45) is 0 Å². The van der Waals surface area contributed by atoms with E-state index in [0.717, 1.165) is 11.3 Å². The van der Waals surface area contributed by atoms with Crippen LogP contribution in [0.2, 0.25) is 0 Å². The molecule has 0 aromatic carbocycles. The third-order valence-electron chi connectivity index (χ3n) is 2.67. The van der Waals surface area contributed by atoms with Gasteiger partial charge in [0, 0.05) is 11.6 Å². The van der Waals surface area contributed by atoms with E-state index in [1.807, 2.05) is 13.0 Å². The van der Waals surface area contributed by atoms with E-state index in [9.17, 15) is 8.42 Å². The molecule has 1 heterocycles. The maximum Gasteiger partial charge on any atom is 0.217 e. The van der Waals surface area contributed by atoms with Gasteiger partial charge in [0.2, 0.25) is 10.0 Å². The van der Waals surface area contributed by atoms with E-state index in [4.69, 9.17) is 9.52 Å². The highest BCUT2D eigenvalue weighted by molar-refractivity contribution is 7.90. The van der Waals surface area contributed by atoms with Crippen molar-refractivity contribution in [1.29, 1.82) is 0 Å². The smallest absolute Gasteiger partial charge is 0.217 e. The first kappa shape index (κ1) is 14.2. The summed E-state index contributed by atoms with van der Waals surface area (Å²) in [6.07, 6.45) is 0. The number of hydrogen-bond donors (Lipinski definition) is 2. The number of rotatable bonds is 5. The molecule has 2 unspecified atom stereocenters. The summed E-state index contributed by atoms with van der Waals surface area (Å²) in [5.74, 6) is 1.45. The van der Waals surface area contributed by atoms with E-state index in [0.29, 0.717) is 5.76 Å². The second-order valence-electron chi connectivity index (χ2n) is 4.25. The van der Waals surface area contributed by atoms with Crippen LogP contribution >= 0.6 is 0 Å². The Kier molecular flexibility index (Phi) is 4.35. The summed E-state index contributed by atoms with van der Waals surface area (Å²) in [5.41, 5.74) is 0.816. The van der Waals surface area contributed by atoms with E-state index in [1.54, 1.807) is 13.8 Å². The van der Waals surface area contributed by atoms with Crippen LogP contribution in [0.4, 0.5) is 0 Å². The van der Waals surface area contributed by atoms with Gasteiger partial charge in [0.1, 0.15) is 11.5 Å². The number of sulfonamides is 1. The third-order valence-corrected chi connectivity index (χ3v) is 4.56. The monoisotopic (exact) mass is 261 g/mol.